The lowest BCUT2D eigenvalue weighted by Gasteiger charge is -2.25. The normalized spacial score (nSPS) is 12.8. The van der Waals surface area contributed by atoms with Crippen molar-refractivity contribution >= 4 is 45.0 Å². The van der Waals surface area contributed by atoms with Gasteiger partial charge in [-0.1, -0.05) is 59.9 Å². The number of para-hydroxylation sites is 1. The van der Waals surface area contributed by atoms with Crippen LogP contribution in [0.1, 0.15) is 16.1 Å². The number of nitrogens with one attached hydrogen (secondary N) is 1. The van der Waals surface area contributed by atoms with Crippen LogP contribution in [0.15, 0.2) is 65.8 Å². The Morgan fingerprint density at radius 3 is 2.12 bits per heavy atom. The fourth-order valence-corrected chi connectivity index (χ4v) is 3.30. The number of hydrazone groups is 1. The van der Waals surface area contributed by atoms with Crippen molar-refractivity contribution in [1.82, 2.24) is 16.6 Å². The first-order chi connectivity index (χ1) is 11.7. The lowest BCUT2D eigenvalue weighted by atomic mass is 10.2. The molecule has 4 N–H and O–H groups in total. The summed E-state index contributed by atoms with van der Waals surface area (Å²) >= 11 is 1.64. The highest BCUT2D eigenvalue weighted by molar-refractivity contribution is 8.93. The fourth-order valence-electron chi connectivity index (χ4n) is 2.44. The number of rotatable bonds is 3. The summed E-state index contributed by atoms with van der Waals surface area (Å²) in [6.45, 7) is 4.11. The number of hydrogen-bond acceptors (Lipinski definition) is 7. The molecule has 8 heteroatoms. The Morgan fingerprint density at radius 2 is 1.54 bits per heavy atom. The fraction of sp³-hybridized carbons (Fsp3) is 0.111. The third-order valence-corrected chi connectivity index (χ3v) is 4.88. The number of nitrogens with zero attached hydrogens (tertiary/aromatic N) is 4. The first-order valence-corrected chi connectivity index (χ1v) is 8.54. The number of hydrazine groups is 2. The molecular formula is C18H21BrN6S. The van der Waals surface area contributed by atoms with E-state index in [2.05, 4.69) is 17.3 Å². The van der Waals surface area contributed by atoms with Gasteiger partial charge in [0.2, 0.25) is 5.13 Å². The lowest BCUT2D eigenvalue weighted by molar-refractivity contribution is 0.765. The van der Waals surface area contributed by atoms with Gasteiger partial charge < -0.3 is 6.15 Å². The maximum absolute atomic E-state index is 4.76. The molecule has 2 aromatic carbocycles. The van der Waals surface area contributed by atoms with E-state index in [0.717, 1.165) is 27.9 Å². The minimum Gasteiger partial charge on any atom is -0.344 e. The molecule has 4 rings (SSSR count). The van der Waals surface area contributed by atoms with Crippen LogP contribution < -0.4 is 21.8 Å². The zero-order valence-electron chi connectivity index (χ0n) is 14.6. The molecule has 0 spiro atoms. The molecule has 1 aliphatic heterocycles. The van der Waals surface area contributed by atoms with Crippen molar-refractivity contribution < 1.29 is 0 Å². The summed E-state index contributed by atoms with van der Waals surface area (Å²) in [4.78, 5) is 5.86. The number of benzene rings is 2. The van der Waals surface area contributed by atoms with Gasteiger partial charge in [-0.3, -0.25) is 5.43 Å². The summed E-state index contributed by atoms with van der Waals surface area (Å²) in [7, 11) is 0. The highest BCUT2D eigenvalue weighted by Gasteiger charge is 2.28. The smallest absolute Gasteiger partial charge is 0.228 e. The number of halogens is 1. The Bertz CT molecular complexity index is 862. The number of anilines is 2. The summed E-state index contributed by atoms with van der Waals surface area (Å²) in [5.74, 6) is 0.796. The van der Waals surface area contributed by atoms with Crippen molar-refractivity contribution in [3.63, 3.8) is 0 Å². The first-order valence-electron chi connectivity index (χ1n) is 7.72. The summed E-state index contributed by atoms with van der Waals surface area (Å²) in [6, 6.07) is 20.1. The van der Waals surface area contributed by atoms with E-state index in [1.807, 2.05) is 77.8 Å². The molecule has 1 aromatic heterocycles. The second-order valence-corrected chi connectivity index (χ2v) is 6.68. The van der Waals surface area contributed by atoms with Crippen LogP contribution in [0, 0.1) is 13.8 Å². The van der Waals surface area contributed by atoms with E-state index >= 15 is 0 Å². The summed E-state index contributed by atoms with van der Waals surface area (Å²) in [5, 5.41) is 9.36. The molecule has 0 radical (unpaired) electrons. The van der Waals surface area contributed by atoms with Gasteiger partial charge in [0.25, 0.3) is 0 Å². The molecule has 1 aliphatic rings. The molecule has 0 atom stereocenters. The quantitative estimate of drug-likeness (QED) is 0.631. The zero-order chi connectivity index (χ0) is 16.5. The van der Waals surface area contributed by atoms with Crippen molar-refractivity contribution in [2.24, 2.45) is 5.10 Å². The van der Waals surface area contributed by atoms with Gasteiger partial charge >= 0.3 is 0 Å². The molecule has 0 saturated carbocycles. The molecule has 2 heterocycles. The second-order valence-electron chi connectivity index (χ2n) is 5.50. The van der Waals surface area contributed by atoms with Crippen LogP contribution >= 0.6 is 28.3 Å². The van der Waals surface area contributed by atoms with Crippen molar-refractivity contribution in [3.05, 3.63) is 76.8 Å². The molecule has 26 heavy (non-hydrogen) atoms. The molecular weight excluding hydrogens is 412 g/mol. The zero-order valence-corrected chi connectivity index (χ0v) is 17.1. The van der Waals surface area contributed by atoms with Crippen molar-refractivity contribution in [2.75, 3.05) is 10.2 Å². The molecule has 136 valence electrons. The van der Waals surface area contributed by atoms with Gasteiger partial charge in [0.05, 0.1) is 11.4 Å². The third kappa shape index (κ3) is 3.72. The summed E-state index contributed by atoms with van der Waals surface area (Å²) < 4.78 is 0. The Hall–Kier alpha value is -2.42. The van der Waals surface area contributed by atoms with Crippen molar-refractivity contribution in [2.45, 2.75) is 13.8 Å². The van der Waals surface area contributed by atoms with Crippen molar-refractivity contribution in [3.8, 4) is 0 Å². The Balaban J connectivity index is 0.00000121. The topological polar surface area (TPSA) is 78.8 Å². The van der Waals surface area contributed by atoms with Crippen molar-refractivity contribution in [1.29, 1.82) is 0 Å². The largest absolute Gasteiger partial charge is 0.344 e. The van der Waals surface area contributed by atoms with E-state index < -0.39 is 0 Å². The molecule has 0 saturated heterocycles. The number of amidine groups is 1. The van der Waals surface area contributed by atoms with Crippen LogP contribution in [0.25, 0.3) is 0 Å². The Kier molecular flexibility index (Phi) is 6.36. The number of hydrogen-bond donors (Lipinski definition) is 2. The third-order valence-electron chi connectivity index (χ3n) is 3.83. The second kappa shape index (κ2) is 8.31. The summed E-state index contributed by atoms with van der Waals surface area (Å²) in [5.41, 5.74) is 6.42. The molecule has 0 amide bonds. The van der Waals surface area contributed by atoms with E-state index in [0.29, 0.717) is 0 Å². The molecule has 0 aliphatic carbocycles. The molecule has 0 bridgehead atoms. The van der Waals surface area contributed by atoms with Crippen LogP contribution in [-0.2, 0) is 0 Å². The van der Waals surface area contributed by atoms with Gasteiger partial charge in [-0.15, -0.1) is 32.3 Å². The van der Waals surface area contributed by atoms with Gasteiger partial charge in [0.1, 0.15) is 0 Å². The molecule has 6 nitrogen and oxygen atoms in total. The molecule has 0 fully saturated rings. The first kappa shape index (κ1) is 19.9. The van der Waals surface area contributed by atoms with Crippen LogP contribution in [0.3, 0.4) is 0 Å². The highest BCUT2D eigenvalue weighted by atomic mass is 79.9. The monoisotopic (exact) mass is 432 g/mol. The standard InChI is InChI=1S/C18H17N5S.BrH.H3N/c1-13-14(2)24-18(19-13)23-21-17(15-9-5-3-6-10-15)20-22(23)16-11-7-4-8-12-16;;/h3-12H,1-2H3,(H,20,21);1H;1H3. The summed E-state index contributed by atoms with van der Waals surface area (Å²) in [6.07, 6.45) is 0. The van der Waals surface area contributed by atoms with E-state index in [4.69, 9.17) is 5.10 Å². The van der Waals surface area contributed by atoms with Gasteiger partial charge in [-0.05, 0) is 26.0 Å². The lowest BCUT2D eigenvalue weighted by Crippen LogP contribution is -2.44. The van der Waals surface area contributed by atoms with Crippen LogP contribution in [0.2, 0.25) is 0 Å². The van der Waals surface area contributed by atoms with Gasteiger partial charge in [-0.2, -0.15) is 0 Å². The van der Waals surface area contributed by atoms with E-state index in [-0.39, 0.29) is 23.1 Å². The average molecular weight is 433 g/mol. The minimum atomic E-state index is 0. The van der Waals surface area contributed by atoms with E-state index in [9.17, 15) is 0 Å². The van der Waals surface area contributed by atoms with Crippen LogP contribution in [-0.4, -0.2) is 10.8 Å². The molecule has 0 unspecified atom stereocenters. The maximum atomic E-state index is 4.76. The minimum absolute atomic E-state index is 0. The Labute approximate surface area is 167 Å². The number of aromatic nitrogens is 1. The number of thiazole rings is 1. The van der Waals surface area contributed by atoms with E-state index in [1.54, 1.807) is 11.3 Å². The van der Waals surface area contributed by atoms with Crippen LogP contribution in [0.5, 0.6) is 0 Å². The molecule has 3 aromatic rings. The van der Waals surface area contributed by atoms with Crippen LogP contribution in [0.4, 0.5) is 10.8 Å². The van der Waals surface area contributed by atoms with Gasteiger partial charge in [-0.25, -0.2) is 4.98 Å². The predicted octanol–water partition coefficient (Wildman–Crippen LogP) is 4.61. The average Bonchev–Trinajstić information content (AvgIpc) is 3.21. The predicted molar refractivity (Wildman–Crippen MR) is 114 cm³/mol. The van der Waals surface area contributed by atoms with Gasteiger partial charge in [0, 0.05) is 10.4 Å². The van der Waals surface area contributed by atoms with Gasteiger partial charge in [0.15, 0.2) is 5.84 Å². The SMILES string of the molecule is Br.Cc1nc(N2NC(c3ccccc3)=NN2c2ccccc2)sc1C.N. The maximum Gasteiger partial charge on any atom is 0.228 e. The highest BCUT2D eigenvalue weighted by Crippen LogP contribution is 2.30. The van der Waals surface area contributed by atoms with E-state index in [1.165, 1.54) is 4.88 Å². The number of aryl methyl sites for hydroxylation is 2. The Morgan fingerprint density at radius 1 is 0.923 bits per heavy atom.